The molecular formula is C27H33N3O3. The smallest absolute Gasteiger partial charge is 0.252 e. The minimum absolute atomic E-state index is 0.0937. The summed E-state index contributed by atoms with van der Waals surface area (Å²) in [7, 11) is 3.25. The Hall–Kier alpha value is -3.12. The van der Waals surface area contributed by atoms with E-state index >= 15 is 0 Å². The fraction of sp³-hybridized carbons (Fsp3) is 0.407. The van der Waals surface area contributed by atoms with Crippen LogP contribution >= 0.6 is 0 Å². The van der Waals surface area contributed by atoms with Crippen molar-refractivity contribution in [3.8, 4) is 11.5 Å². The first-order valence-electron chi connectivity index (χ1n) is 11.7. The molecule has 6 heteroatoms. The van der Waals surface area contributed by atoms with Gasteiger partial charge >= 0.3 is 0 Å². The molecule has 0 radical (unpaired) electrons. The molecule has 1 aliphatic carbocycles. The van der Waals surface area contributed by atoms with Crippen LogP contribution in [0.4, 0.5) is 0 Å². The van der Waals surface area contributed by atoms with Gasteiger partial charge in [0.05, 0.1) is 25.3 Å². The number of hydrogen-bond donors (Lipinski definition) is 2. The largest absolute Gasteiger partial charge is 0.497 e. The van der Waals surface area contributed by atoms with Crippen molar-refractivity contribution in [2.75, 3.05) is 27.3 Å². The number of aryl methyl sites for hydroxylation is 1. The molecule has 174 valence electrons. The Kier molecular flexibility index (Phi) is 7.14. The summed E-state index contributed by atoms with van der Waals surface area (Å²) in [4.78, 5) is 17.5. The summed E-state index contributed by atoms with van der Waals surface area (Å²) in [6, 6.07) is 13.4. The van der Waals surface area contributed by atoms with Crippen LogP contribution in [0.1, 0.15) is 53.6 Å². The maximum Gasteiger partial charge on any atom is 0.252 e. The molecule has 1 aromatic heterocycles. The van der Waals surface area contributed by atoms with Gasteiger partial charge in [0.2, 0.25) is 0 Å². The van der Waals surface area contributed by atoms with Crippen molar-refractivity contribution in [1.29, 1.82) is 0 Å². The number of nitrogens with one attached hydrogen (secondary N) is 2. The number of fused-ring (bicyclic) bond motifs is 1. The van der Waals surface area contributed by atoms with Gasteiger partial charge in [-0.25, -0.2) is 0 Å². The van der Waals surface area contributed by atoms with E-state index in [9.17, 15) is 4.79 Å². The number of carbonyl (C=O) groups excluding carboxylic acids is 1. The number of methoxy groups -OCH3 is 2. The normalized spacial score (nSPS) is 16.3. The number of piperidine rings is 1. The van der Waals surface area contributed by atoms with Crippen LogP contribution in [-0.4, -0.2) is 38.2 Å². The summed E-state index contributed by atoms with van der Waals surface area (Å²) in [5.74, 6) is 1.32. The standard InChI is InChI=1S/C22H22N2O3.C5H11N/c1-14-6-7-15(26-2)11-18(14)21(25)24-22(8-9-22)19-12-16(27-3)13-20-17(19)5-4-10-23-20;1-2-4-6-5-3-1/h4-7,10-13H,8-9H2,1-3H3,(H,24,25);6H,1-5H2. The minimum Gasteiger partial charge on any atom is -0.497 e. The molecule has 3 aromatic rings. The monoisotopic (exact) mass is 447 g/mol. The number of nitrogens with zero attached hydrogens (tertiary/aromatic N) is 1. The fourth-order valence-electron chi connectivity index (χ4n) is 4.32. The van der Waals surface area contributed by atoms with E-state index in [-0.39, 0.29) is 11.4 Å². The lowest BCUT2D eigenvalue weighted by atomic mass is 9.97. The lowest BCUT2D eigenvalue weighted by Gasteiger charge is -2.21. The second-order valence-corrected chi connectivity index (χ2v) is 8.77. The Morgan fingerprint density at radius 1 is 1.00 bits per heavy atom. The van der Waals surface area contributed by atoms with Gasteiger partial charge in [-0.15, -0.1) is 0 Å². The molecule has 33 heavy (non-hydrogen) atoms. The highest BCUT2D eigenvalue weighted by Crippen LogP contribution is 2.49. The van der Waals surface area contributed by atoms with E-state index in [1.165, 1.54) is 32.4 Å². The maximum atomic E-state index is 13.0. The SMILES string of the molecule is C1CCNCC1.COc1ccc(C)c(C(=O)NC2(c3cc(OC)cc4ncccc34)CC2)c1. The molecule has 2 aliphatic rings. The molecular weight excluding hydrogens is 414 g/mol. The molecule has 6 nitrogen and oxygen atoms in total. The van der Waals surface area contributed by atoms with Crippen LogP contribution in [0.3, 0.4) is 0 Å². The summed E-state index contributed by atoms with van der Waals surface area (Å²) in [6.45, 7) is 4.43. The molecule has 1 amide bonds. The minimum atomic E-state index is -0.386. The number of rotatable bonds is 5. The number of hydrogen-bond acceptors (Lipinski definition) is 5. The van der Waals surface area contributed by atoms with Gasteiger partial charge in [-0.1, -0.05) is 18.6 Å². The lowest BCUT2D eigenvalue weighted by molar-refractivity contribution is 0.0930. The Balaban J connectivity index is 0.000000376. The van der Waals surface area contributed by atoms with Crippen molar-refractivity contribution >= 4 is 16.8 Å². The van der Waals surface area contributed by atoms with Crippen molar-refractivity contribution in [2.24, 2.45) is 0 Å². The number of pyridine rings is 1. The molecule has 5 rings (SSSR count). The number of benzene rings is 2. The van der Waals surface area contributed by atoms with Gasteiger partial charge in [-0.3, -0.25) is 9.78 Å². The van der Waals surface area contributed by atoms with Crippen LogP contribution in [-0.2, 0) is 5.54 Å². The second-order valence-electron chi connectivity index (χ2n) is 8.77. The third kappa shape index (κ3) is 5.28. The third-order valence-electron chi connectivity index (χ3n) is 6.44. The third-order valence-corrected chi connectivity index (χ3v) is 6.44. The zero-order valence-electron chi connectivity index (χ0n) is 19.7. The zero-order chi connectivity index (χ0) is 23.3. The van der Waals surface area contributed by atoms with Crippen LogP contribution in [0.15, 0.2) is 48.7 Å². The van der Waals surface area contributed by atoms with E-state index in [1.807, 2.05) is 43.3 Å². The van der Waals surface area contributed by atoms with Gasteiger partial charge < -0.3 is 20.1 Å². The van der Waals surface area contributed by atoms with Crippen LogP contribution < -0.4 is 20.1 Å². The quantitative estimate of drug-likeness (QED) is 0.591. The number of carbonyl (C=O) groups is 1. The number of ether oxygens (including phenoxy) is 2. The van der Waals surface area contributed by atoms with Crippen molar-refractivity contribution in [2.45, 2.75) is 44.6 Å². The first kappa shape index (κ1) is 23.1. The second kappa shape index (κ2) is 10.2. The van der Waals surface area contributed by atoms with Crippen molar-refractivity contribution < 1.29 is 14.3 Å². The fourth-order valence-corrected chi connectivity index (χ4v) is 4.32. The molecule has 1 saturated carbocycles. The van der Waals surface area contributed by atoms with Gasteiger partial charge in [0.25, 0.3) is 5.91 Å². The van der Waals surface area contributed by atoms with E-state index in [1.54, 1.807) is 26.5 Å². The first-order valence-corrected chi connectivity index (χ1v) is 11.7. The molecule has 0 unspecified atom stereocenters. The molecule has 0 atom stereocenters. The average Bonchev–Trinajstić information content (AvgIpc) is 3.65. The summed E-state index contributed by atoms with van der Waals surface area (Å²) in [5, 5.41) is 7.58. The van der Waals surface area contributed by atoms with Gasteiger partial charge in [0.1, 0.15) is 11.5 Å². The van der Waals surface area contributed by atoms with E-state index in [2.05, 4.69) is 15.6 Å². The predicted molar refractivity (Wildman–Crippen MR) is 131 cm³/mol. The Bertz CT molecular complexity index is 1110. The van der Waals surface area contributed by atoms with Crippen LogP contribution in [0, 0.1) is 6.92 Å². The maximum absolute atomic E-state index is 13.0. The van der Waals surface area contributed by atoms with Crippen LogP contribution in [0.2, 0.25) is 0 Å². The van der Waals surface area contributed by atoms with Crippen molar-refractivity contribution in [3.63, 3.8) is 0 Å². The summed E-state index contributed by atoms with van der Waals surface area (Å²) in [5.41, 5.74) is 3.08. The Labute approximate surface area is 195 Å². The van der Waals surface area contributed by atoms with Gasteiger partial charge in [-0.2, -0.15) is 0 Å². The highest BCUT2D eigenvalue weighted by Gasteiger charge is 2.47. The van der Waals surface area contributed by atoms with Crippen molar-refractivity contribution in [3.05, 3.63) is 65.4 Å². The number of aromatic nitrogens is 1. The highest BCUT2D eigenvalue weighted by atomic mass is 16.5. The van der Waals surface area contributed by atoms with Crippen LogP contribution in [0.5, 0.6) is 11.5 Å². The molecule has 2 aromatic carbocycles. The van der Waals surface area contributed by atoms with E-state index in [0.29, 0.717) is 11.3 Å². The Morgan fingerprint density at radius 3 is 2.36 bits per heavy atom. The lowest BCUT2D eigenvalue weighted by Crippen LogP contribution is -2.35. The average molecular weight is 448 g/mol. The molecule has 2 heterocycles. The molecule has 2 fully saturated rings. The predicted octanol–water partition coefficient (Wildman–Crippen LogP) is 4.74. The van der Waals surface area contributed by atoms with Gasteiger partial charge in [-0.05, 0) is 81.1 Å². The number of amides is 1. The van der Waals surface area contributed by atoms with Crippen LogP contribution in [0.25, 0.3) is 10.9 Å². The molecule has 0 spiro atoms. The first-order chi connectivity index (χ1) is 16.1. The molecule has 1 saturated heterocycles. The van der Waals surface area contributed by atoms with E-state index < -0.39 is 0 Å². The van der Waals surface area contributed by atoms with E-state index in [0.717, 1.165) is 40.6 Å². The van der Waals surface area contributed by atoms with Gasteiger partial charge in [0, 0.05) is 23.2 Å². The zero-order valence-corrected chi connectivity index (χ0v) is 19.7. The summed E-state index contributed by atoms with van der Waals surface area (Å²) in [6.07, 6.45) is 7.76. The molecule has 1 aliphatic heterocycles. The van der Waals surface area contributed by atoms with E-state index in [4.69, 9.17) is 9.47 Å². The van der Waals surface area contributed by atoms with Crippen molar-refractivity contribution in [1.82, 2.24) is 15.6 Å². The van der Waals surface area contributed by atoms with Gasteiger partial charge in [0.15, 0.2) is 0 Å². The Morgan fingerprint density at radius 2 is 1.76 bits per heavy atom. The summed E-state index contributed by atoms with van der Waals surface area (Å²) >= 11 is 0. The highest BCUT2D eigenvalue weighted by molar-refractivity contribution is 5.97. The molecule has 0 bridgehead atoms. The molecule has 2 N–H and O–H groups in total. The topological polar surface area (TPSA) is 72.5 Å². The summed E-state index contributed by atoms with van der Waals surface area (Å²) < 4.78 is 10.7.